The minimum absolute atomic E-state index is 0.618. The molecule has 1 aliphatic rings. The lowest BCUT2D eigenvalue weighted by atomic mass is 10.2. The average Bonchev–Trinajstić information content (AvgIpc) is 2.42. The first-order valence-electron chi connectivity index (χ1n) is 5.70. The van der Waals surface area contributed by atoms with Gasteiger partial charge >= 0.3 is 0 Å². The molecular formula is C12H17N3O2. The zero-order chi connectivity index (χ0) is 12.1. The van der Waals surface area contributed by atoms with Crippen molar-refractivity contribution in [2.75, 3.05) is 31.1 Å². The number of nitrogens with zero attached hydrogens (tertiary/aromatic N) is 2. The number of aldehydes is 1. The first kappa shape index (κ1) is 12.0. The summed E-state index contributed by atoms with van der Waals surface area (Å²) in [5.41, 5.74) is 1.21. The summed E-state index contributed by atoms with van der Waals surface area (Å²) in [5, 5.41) is 0. The number of rotatable bonds is 4. The third-order valence-electron chi connectivity index (χ3n) is 3.05. The lowest BCUT2D eigenvalue weighted by molar-refractivity contribution is -0.132. The molecule has 1 aromatic carbocycles. The number of benzene rings is 1. The van der Waals surface area contributed by atoms with Crippen molar-refractivity contribution in [2.45, 2.75) is 6.23 Å². The van der Waals surface area contributed by atoms with Crippen molar-refractivity contribution >= 4 is 12.0 Å². The van der Waals surface area contributed by atoms with Gasteiger partial charge in [0.2, 0.25) is 0 Å². The maximum atomic E-state index is 10.7. The van der Waals surface area contributed by atoms with Crippen molar-refractivity contribution in [1.82, 2.24) is 4.90 Å². The van der Waals surface area contributed by atoms with E-state index < -0.39 is 6.23 Å². The molecule has 92 valence electrons. The molecule has 0 radical (unpaired) electrons. The molecule has 1 unspecified atom stereocenters. The number of carbonyl (C=O) groups is 1. The standard InChI is InChI=1S/C12H17N3O2/c13-17-12(10-16)15-8-6-14(7-9-15)11-4-2-1-3-5-11/h1-5,10,12H,6-9,13H2. The minimum Gasteiger partial charge on any atom is -0.369 e. The van der Waals surface area contributed by atoms with Crippen LogP contribution in [0.1, 0.15) is 0 Å². The molecule has 17 heavy (non-hydrogen) atoms. The Morgan fingerprint density at radius 1 is 1.18 bits per heavy atom. The average molecular weight is 235 g/mol. The summed E-state index contributed by atoms with van der Waals surface area (Å²) < 4.78 is 0. The van der Waals surface area contributed by atoms with Crippen LogP contribution < -0.4 is 10.8 Å². The molecule has 1 atom stereocenters. The van der Waals surface area contributed by atoms with Crippen molar-refractivity contribution in [2.24, 2.45) is 5.90 Å². The summed E-state index contributed by atoms with van der Waals surface area (Å²) in [6, 6.07) is 10.2. The van der Waals surface area contributed by atoms with E-state index in [2.05, 4.69) is 21.9 Å². The van der Waals surface area contributed by atoms with Crippen molar-refractivity contribution in [3.05, 3.63) is 30.3 Å². The van der Waals surface area contributed by atoms with Gasteiger partial charge in [-0.2, -0.15) is 0 Å². The zero-order valence-electron chi connectivity index (χ0n) is 9.66. The van der Waals surface area contributed by atoms with Crippen LogP contribution in [0.5, 0.6) is 0 Å². The Morgan fingerprint density at radius 3 is 2.35 bits per heavy atom. The van der Waals surface area contributed by atoms with Crippen LogP contribution in [0.25, 0.3) is 0 Å². The lowest BCUT2D eigenvalue weighted by Gasteiger charge is -2.37. The van der Waals surface area contributed by atoms with Crippen LogP contribution in [-0.2, 0) is 9.63 Å². The molecule has 2 rings (SSSR count). The molecule has 1 aromatic rings. The largest absolute Gasteiger partial charge is 0.369 e. The number of anilines is 1. The number of piperazine rings is 1. The van der Waals surface area contributed by atoms with Gasteiger partial charge in [-0.1, -0.05) is 18.2 Å². The van der Waals surface area contributed by atoms with Gasteiger partial charge in [-0.25, -0.2) is 5.90 Å². The van der Waals surface area contributed by atoms with Gasteiger partial charge in [-0.15, -0.1) is 0 Å². The molecular weight excluding hydrogens is 218 g/mol. The van der Waals surface area contributed by atoms with Crippen LogP contribution in [0, 0.1) is 0 Å². The highest BCUT2D eigenvalue weighted by Crippen LogP contribution is 2.16. The summed E-state index contributed by atoms with van der Waals surface area (Å²) >= 11 is 0. The number of nitrogens with two attached hydrogens (primary N) is 1. The van der Waals surface area contributed by atoms with Gasteiger partial charge in [-0.05, 0) is 12.1 Å². The molecule has 0 aromatic heterocycles. The Kier molecular flexibility index (Phi) is 4.08. The molecule has 1 fully saturated rings. The third-order valence-corrected chi connectivity index (χ3v) is 3.05. The van der Waals surface area contributed by atoms with Crippen LogP contribution in [0.3, 0.4) is 0 Å². The topological polar surface area (TPSA) is 58.8 Å². The summed E-state index contributed by atoms with van der Waals surface area (Å²) in [6.07, 6.45) is 0.117. The zero-order valence-corrected chi connectivity index (χ0v) is 9.66. The predicted octanol–water partition coefficient (Wildman–Crippen LogP) is 0.224. The molecule has 0 amide bonds. The fourth-order valence-electron chi connectivity index (χ4n) is 2.08. The van der Waals surface area contributed by atoms with Gasteiger partial charge in [0.1, 0.15) is 0 Å². The Hall–Kier alpha value is -1.43. The Balaban J connectivity index is 1.92. The van der Waals surface area contributed by atoms with E-state index in [1.807, 2.05) is 23.1 Å². The molecule has 1 heterocycles. The van der Waals surface area contributed by atoms with Crippen LogP contribution in [0.15, 0.2) is 30.3 Å². The van der Waals surface area contributed by atoms with E-state index in [0.717, 1.165) is 32.5 Å². The van der Waals surface area contributed by atoms with Gasteiger partial charge in [0.25, 0.3) is 0 Å². The third kappa shape index (κ3) is 2.82. The van der Waals surface area contributed by atoms with Crippen molar-refractivity contribution in [3.8, 4) is 0 Å². The van der Waals surface area contributed by atoms with E-state index in [9.17, 15) is 4.79 Å². The van der Waals surface area contributed by atoms with E-state index in [-0.39, 0.29) is 0 Å². The molecule has 0 saturated carbocycles. The van der Waals surface area contributed by atoms with E-state index in [4.69, 9.17) is 5.90 Å². The maximum Gasteiger partial charge on any atom is 0.187 e. The van der Waals surface area contributed by atoms with Crippen molar-refractivity contribution in [1.29, 1.82) is 0 Å². The van der Waals surface area contributed by atoms with Crippen LogP contribution in [0.2, 0.25) is 0 Å². The summed E-state index contributed by atoms with van der Waals surface area (Å²) in [7, 11) is 0. The van der Waals surface area contributed by atoms with Crippen molar-refractivity contribution < 1.29 is 9.63 Å². The van der Waals surface area contributed by atoms with E-state index >= 15 is 0 Å². The normalized spacial score (nSPS) is 19.0. The number of hydrogen-bond donors (Lipinski definition) is 1. The first-order valence-corrected chi connectivity index (χ1v) is 5.70. The number of hydrogen-bond acceptors (Lipinski definition) is 5. The van der Waals surface area contributed by atoms with Crippen LogP contribution >= 0.6 is 0 Å². The second kappa shape index (κ2) is 5.77. The van der Waals surface area contributed by atoms with E-state index in [1.165, 1.54) is 5.69 Å². The predicted molar refractivity (Wildman–Crippen MR) is 65.4 cm³/mol. The fourth-order valence-corrected chi connectivity index (χ4v) is 2.08. The van der Waals surface area contributed by atoms with Gasteiger partial charge in [-0.3, -0.25) is 14.5 Å². The molecule has 0 aliphatic carbocycles. The lowest BCUT2D eigenvalue weighted by Crippen LogP contribution is -2.52. The Bertz CT molecular complexity index is 350. The molecule has 0 spiro atoms. The van der Waals surface area contributed by atoms with E-state index in [0.29, 0.717) is 0 Å². The van der Waals surface area contributed by atoms with Gasteiger partial charge in [0.05, 0.1) is 0 Å². The fraction of sp³-hybridized carbons (Fsp3) is 0.417. The van der Waals surface area contributed by atoms with Gasteiger partial charge in [0, 0.05) is 31.9 Å². The Morgan fingerprint density at radius 2 is 1.82 bits per heavy atom. The van der Waals surface area contributed by atoms with Crippen LogP contribution in [-0.4, -0.2) is 43.6 Å². The van der Waals surface area contributed by atoms with E-state index in [1.54, 1.807) is 0 Å². The molecule has 1 saturated heterocycles. The quantitative estimate of drug-likeness (QED) is 0.598. The van der Waals surface area contributed by atoms with Crippen molar-refractivity contribution in [3.63, 3.8) is 0 Å². The number of carbonyl (C=O) groups excluding carboxylic acids is 1. The summed E-state index contributed by atoms with van der Waals surface area (Å²) in [5.74, 6) is 5.07. The molecule has 5 heteroatoms. The second-order valence-electron chi connectivity index (χ2n) is 4.02. The monoisotopic (exact) mass is 235 g/mol. The SMILES string of the molecule is NOC(C=O)N1CCN(c2ccccc2)CC1. The minimum atomic E-state index is -0.618. The summed E-state index contributed by atoms with van der Waals surface area (Å²) in [6.45, 7) is 3.29. The highest BCUT2D eigenvalue weighted by atomic mass is 16.6. The van der Waals surface area contributed by atoms with Gasteiger partial charge in [0.15, 0.2) is 12.5 Å². The molecule has 5 nitrogen and oxygen atoms in total. The summed E-state index contributed by atoms with van der Waals surface area (Å²) in [4.78, 5) is 19.6. The first-order chi connectivity index (χ1) is 8.35. The van der Waals surface area contributed by atoms with Gasteiger partial charge < -0.3 is 4.90 Å². The molecule has 0 bridgehead atoms. The number of para-hydroxylation sites is 1. The molecule has 1 aliphatic heterocycles. The maximum absolute atomic E-state index is 10.7. The molecule has 2 N–H and O–H groups in total. The highest BCUT2D eigenvalue weighted by molar-refractivity contribution is 5.55. The van der Waals surface area contributed by atoms with Crippen LogP contribution in [0.4, 0.5) is 5.69 Å². The highest BCUT2D eigenvalue weighted by Gasteiger charge is 2.23. The second-order valence-corrected chi connectivity index (χ2v) is 4.02. The Labute approximate surface area is 101 Å². The smallest absolute Gasteiger partial charge is 0.187 e.